The number of hydrogen-bond donors (Lipinski definition) is 1. The van der Waals surface area contributed by atoms with Crippen molar-refractivity contribution in [3.8, 4) is 11.5 Å². The van der Waals surface area contributed by atoms with Gasteiger partial charge >= 0.3 is 0 Å². The Morgan fingerprint density at radius 2 is 1.50 bits per heavy atom. The first-order valence-electron chi connectivity index (χ1n) is 16.0. The molecule has 5 aromatic carbocycles. The third-order valence-corrected chi connectivity index (χ3v) is 9.30. The number of fused-ring (bicyclic) bond motifs is 1. The summed E-state index contributed by atoms with van der Waals surface area (Å²) >= 11 is 0. The number of carbonyl (C=O) groups is 1. The third-order valence-electron chi connectivity index (χ3n) is 9.30. The number of allylic oxidation sites excluding steroid dienone is 5. The number of nitrogens with one attached hydrogen (secondary N) is 1. The second-order valence-corrected chi connectivity index (χ2v) is 12.3. The molecule has 1 heterocycles. The van der Waals surface area contributed by atoms with Gasteiger partial charge in [0.1, 0.15) is 17.8 Å². The van der Waals surface area contributed by atoms with Crippen LogP contribution in [0.3, 0.4) is 0 Å². The van der Waals surface area contributed by atoms with Gasteiger partial charge in [-0.05, 0) is 76.1 Å². The number of benzene rings is 5. The van der Waals surface area contributed by atoms with E-state index in [2.05, 4.69) is 116 Å². The minimum absolute atomic E-state index is 0.124. The zero-order chi connectivity index (χ0) is 31.5. The van der Waals surface area contributed by atoms with Crippen molar-refractivity contribution in [1.29, 1.82) is 0 Å². The normalized spacial score (nSPS) is 18.7. The lowest BCUT2D eigenvalue weighted by atomic mass is 9.70. The largest absolute Gasteiger partial charge is 0.457 e. The molecule has 3 heteroatoms. The van der Waals surface area contributed by atoms with E-state index in [1.54, 1.807) is 0 Å². The summed E-state index contributed by atoms with van der Waals surface area (Å²) in [6.07, 6.45) is 9.55. The van der Waals surface area contributed by atoms with E-state index >= 15 is 0 Å². The van der Waals surface area contributed by atoms with E-state index in [-0.39, 0.29) is 11.3 Å². The molecule has 0 amide bonds. The fraction of sp³-hybridized carbons (Fsp3) is 0.140. The van der Waals surface area contributed by atoms with Crippen molar-refractivity contribution in [3.05, 3.63) is 185 Å². The lowest BCUT2D eigenvalue weighted by Crippen LogP contribution is -2.22. The van der Waals surface area contributed by atoms with Crippen molar-refractivity contribution in [3.63, 3.8) is 0 Å². The Labute approximate surface area is 271 Å². The summed E-state index contributed by atoms with van der Waals surface area (Å²) in [6.45, 7) is 4.49. The summed E-state index contributed by atoms with van der Waals surface area (Å²) in [5.41, 5.74) is 10.7. The standard InChI is InChI=1S/C43H37NO2/c1-3-30-28-44-39-24-33(35-23-34(31-15-7-4-8-16-31)26-43(2,27-35)36-18-9-5-10-19-36)25-40(46-37-20-11-6-12-21-37)42(39)41(30)38-22-14-13-17-32(38)29-45/h4-25,27-29,41,44H,3,26H2,1-2H3. The summed E-state index contributed by atoms with van der Waals surface area (Å²) in [5, 5.41) is 3.62. The molecule has 0 saturated heterocycles. The van der Waals surface area contributed by atoms with E-state index in [4.69, 9.17) is 4.74 Å². The molecule has 46 heavy (non-hydrogen) atoms. The molecule has 0 aromatic heterocycles. The van der Waals surface area contributed by atoms with Gasteiger partial charge in [-0.2, -0.15) is 0 Å². The van der Waals surface area contributed by atoms with E-state index in [9.17, 15) is 4.79 Å². The van der Waals surface area contributed by atoms with E-state index in [0.29, 0.717) is 5.56 Å². The second-order valence-electron chi connectivity index (χ2n) is 12.3. The van der Waals surface area contributed by atoms with Crippen LogP contribution in [0.2, 0.25) is 0 Å². The van der Waals surface area contributed by atoms with Gasteiger partial charge in [0, 0.05) is 34.3 Å². The zero-order valence-corrected chi connectivity index (χ0v) is 26.2. The van der Waals surface area contributed by atoms with Gasteiger partial charge in [0.2, 0.25) is 0 Å². The maximum Gasteiger partial charge on any atom is 0.150 e. The van der Waals surface area contributed by atoms with Gasteiger partial charge in [-0.3, -0.25) is 4.79 Å². The summed E-state index contributed by atoms with van der Waals surface area (Å²) in [5.74, 6) is 1.42. The SMILES string of the molecule is CCC1=CNc2cc(C3=CC(C)(c4ccccc4)CC(c4ccccc4)=C3)cc(Oc3ccccc3)c2C1c1ccccc1C=O. The topological polar surface area (TPSA) is 38.3 Å². The number of anilines is 1. The van der Waals surface area contributed by atoms with Gasteiger partial charge < -0.3 is 10.1 Å². The number of hydrogen-bond acceptors (Lipinski definition) is 3. The van der Waals surface area contributed by atoms with Crippen LogP contribution in [0.4, 0.5) is 5.69 Å². The zero-order valence-electron chi connectivity index (χ0n) is 26.2. The highest BCUT2D eigenvalue weighted by atomic mass is 16.5. The van der Waals surface area contributed by atoms with Crippen LogP contribution in [0.1, 0.15) is 70.8 Å². The molecule has 0 saturated carbocycles. The van der Waals surface area contributed by atoms with E-state index < -0.39 is 0 Å². The first kappa shape index (κ1) is 29.3. The van der Waals surface area contributed by atoms with Gasteiger partial charge in [-0.25, -0.2) is 0 Å². The van der Waals surface area contributed by atoms with Crippen molar-refractivity contribution in [2.75, 3.05) is 5.32 Å². The molecule has 1 aliphatic heterocycles. The van der Waals surface area contributed by atoms with E-state index in [1.165, 1.54) is 22.3 Å². The second kappa shape index (κ2) is 12.5. The number of aldehydes is 1. The Morgan fingerprint density at radius 1 is 0.826 bits per heavy atom. The molecule has 2 atom stereocenters. The lowest BCUT2D eigenvalue weighted by Gasteiger charge is -2.34. The van der Waals surface area contributed by atoms with Crippen LogP contribution in [0.15, 0.2) is 151 Å². The number of ether oxygens (including phenoxy) is 1. The van der Waals surface area contributed by atoms with Gasteiger partial charge in [0.15, 0.2) is 0 Å². The molecule has 1 aliphatic carbocycles. The van der Waals surface area contributed by atoms with Crippen LogP contribution in [-0.4, -0.2) is 6.29 Å². The number of carbonyl (C=O) groups excluding carboxylic acids is 1. The molecule has 0 bridgehead atoms. The molecular weight excluding hydrogens is 562 g/mol. The Hall–Kier alpha value is -5.41. The highest BCUT2D eigenvalue weighted by molar-refractivity contribution is 5.90. The first-order valence-corrected chi connectivity index (χ1v) is 16.0. The van der Waals surface area contributed by atoms with Crippen molar-refractivity contribution >= 4 is 23.1 Å². The van der Waals surface area contributed by atoms with Gasteiger partial charge in [0.25, 0.3) is 0 Å². The third kappa shape index (κ3) is 5.61. The molecular formula is C43H37NO2. The van der Waals surface area contributed by atoms with Crippen LogP contribution < -0.4 is 10.1 Å². The first-order chi connectivity index (χ1) is 22.6. The lowest BCUT2D eigenvalue weighted by molar-refractivity contribution is 0.112. The van der Waals surface area contributed by atoms with E-state index in [1.807, 2.05) is 48.5 Å². The minimum Gasteiger partial charge on any atom is -0.457 e. The quantitative estimate of drug-likeness (QED) is 0.180. The minimum atomic E-state index is -0.207. The predicted octanol–water partition coefficient (Wildman–Crippen LogP) is 11.0. The fourth-order valence-corrected chi connectivity index (χ4v) is 6.97. The molecule has 0 spiro atoms. The molecule has 1 N–H and O–H groups in total. The molecule has 3 nitrogen and oxygen atoms in total. The summed E-state index contributed by atoms with van der Waals surface area (Å²) in [6, 6.07) is 43.7. The molecule has 226 valence electrons. The number of para-hydroxylation sites is 1. The predicted molar refractivity (Wildman–Crippen MR) is 189 cm³/mol. The smallest absolute Gasteiger partial charge is 0.150 e. The maximum atomic E-state index is 12.3. The average Bonchev–Trinajstić information content (AvgIpc) is 3.12. The highest BCUT2D eigenvalue weighted by Gasteiger charge is 2.33. The van der Waals surface area contributed by atoms with Gasteiger partial charge in [-0.1, -0.05) is 129 Å². The molecule has 0 fully saturated rings. The summed E-state index contributed by atoms with van der Waals surface area (Å²) < 4.78 is 6.77. The number of rotatable bonds is 8. The van der Waals surface area contributed by atoms with Crippen LogP contribution in [0.5, 0.6) is 11.5 Å². The average molecular weight is 600 g/mol. The summed E-state index contributed by atoms with van der Waals surface area (Å²) in [4.78, 5) is 12.3. The Bertz CT molecular complexity index is 1970. The van der Waals surface area contributed by atoms with Crippen LogP contribution in [0.25, 0.3) is 11.1 Å². The molecule has 2 aliphatic rings. The van der Waals surface area contributed by atoms with Crippen molar-refractivity contribution in [2.45, 2.75) is 38.0 Å². The Balaban J connectivity index is 1.45. The molecule has 7 rings (SSSR count). The summed E-state index contributed by atoms with van der Waals surface area (Å²) in [7, 11) is 0. The van der Waals surface area contributed by atoms with Crippen LogP contribution in [-0.2, 0) is 5.41 Å². The molecule has 0 radical (unpaired) electrons. The molecule has 5 aromatic rings. The van der Waals surface area contributed by atoms with Gasteiger partial charge in [-0.15, -0.1) is 0 Å². The van der Waals surface area contributed by atoms with Crippen molar-refractivity contribution in [2.24, 2.45) is 0 Å². The maximum absolute atomic E-state index is 12.3. The Kier molecular flexibility index (Phi) is 7.98. The van der Waals surface area contributed by atoms with Gasteiger partial charge in [0.05, 0.1) is 0 Å². The van der Waals surface area contributed by atoms with Crippen molar-refractivity contribution < 1.29 is 9.53 Å². The highest BCUT2D eigenvalue weighted by Crippen LogP contribution is 2.50. The fourth-order valence-electron chi connectivity index (χ4n) is 6.97. The molecule has 2 unspecified atom stereocenters. The van der Waals surface area contributed by atoms with Crippen LogP contribution >= 0.6 is 0 Å². The van der Waals surface area contributed by atoms with Crippen LogP contribution in [0, 0.1) is 0 Å². The monoisotopic (exact) mass is 599 g/mol. The van der Waals surface area contributed by atoms with E-state index in [0.717, 1.165) is 58.6 Å². The van der Waals surface area contributed by atoms with Crippen molar-refractivity contribution in [1.82, 2.24) is 0 Å². The Morgan fingerprint density at radius 3 is 2.22 bits per heavy atom.